The highest BCUT2D eigenvalue weighted by Gasteiger charge is 2.33. The van der Waals surface area contributed by atoms with E-state index in [9.17, 15) is 13.2 Å². The van der Waals surface area contributed by atoms with Crippen LogP contribution in [0.1, 0.15) is 11.1 Å². The van der Waals surface area contributed by atoms with Crippen molar-refractivity contribution in [3.05, 3.63) is 53.9 Å². The Morgan fingerprint density at radius 2 is 1.78 bits per heavy atom. The zero-order chi connectivity index (χ0) is 13.2. The monoisotopic (exact) mass is 248 g/mol. The third kappa shape index (κ3) is 2.18. The molecule has 1 heterocycles. The number of hydrogen-bond donors (Lipinski definition) is 0. The molecule has 0 saturated carbocycles. The first-order chi connectivity index (χ1) is 8.54. The second kappa shape index (κ2) is 4.49. The van der Waals surface area contributed by atoms with Gasteiger partial charge in [-0.2, -0.15) is 18.4 Å². The molecule has 5 heteroatoms. The van der Waals surface area contributed by atoms with Crippen LogP contribution >= 0.6 is 0 Å². The minimum atomic E-state index is -4.46. The van der Waals surface area contributed by atoms with E-state index in [4.69, 9.17) is 5.26 Å². The van der Waals surface area contributed by atoms with Gasteiger partial charge in [-0.05, 0) is 17.7 Å². The van der Waals surface area contributed by atoms with Crippen molar-refractivity contribution in [1.82, 2.24) is 4.98 Å². The Morgan fingerprint density at radius 1 is 1.06 bits per heavy atom. The van der Waals surface area contributed by atoms with E-state index in [1.807, 2.05) is 6.07 Å². The van der Waals surface area contributed by atoms with Crippen LogP contribution < -0.4 is 0 Å². The quantitative estimate of drug-likeness (QED) is 0.772. The molecule has 0 spiro atoms. The van der Waals surface area contributed by atoms with Crippen LogP contribution in [0.25, 0.3) is 11.1 Å². The van der Waals surface area contributed by atoms with Crippen molar-refractivity contribution in [3.63, 3.8) is 0 Å². The van der Waals surface area contributed by atoms with E-state index in [-0.39, 0.29) is 16.7 Å². The number of alkyl halides is 3. The predicted octanol–water partition coefficient (Wildman–Crippen LogP) is 3.64. The highest BCUT2D eigenvalue weighted by molar-refractivity contribution is 5.72. The first kappa shape index (κ1) is 12.1. The van der Waals surface area contributed by atoms with Crippen molar-refractivity contribution >= 4 is 0 Å². The van der Waals surface area contributed by atoms with Crippen LogP contribution in [0, 0.1) is 11.3 Å². The summed E-state index contributed by atoms with van der Waals surface area (Å²) in [6, 6.07) is 8.39. The van der Waals surface area contributed by atoms with Crippen LogP contribution in [-0.4, -0.2) is 4.98 Å². The number of rotatable bonds is 1. The Bertz CT molecular complexity index is 612. The fourth-order valence-corrected chi connectivity index (χ4v) is 1.67. The second-order valence-electron chi connectivity index (χ2n) is 3.58. The van der Waals surface area contributed by atoms with Crippen molar-refractivity contribution in [2.45, 2.75) is 6.18 Å². The van der Waals surface area contributed by atoms with Gasteiger partial charge in [-0.15, -0.1) is 0 Å². The molecule has 0 radical (unpaired) electrons. The van der Waals surface area contributed by atoms with E-state index in [0.717, 1.165) is 6.07 Å². The van der Waals surface area contributed by atoms with Crippen LogP contribution in [0.4, 0.5) is 13.2 Å². The van der Waals surface area contributed by atoms with Gasteiger partial charge in [0, 0.05) is 18.0 Å². The summed E-state index contributed by atoms with van der Waals surface area (Å²) in [7, 11) is 0. The summed E-state index contributed by atoms with van der Waals surface area (Å²) in [5.41, 5.74) is -0.446. The van der Waals surface area contributed by atoms with Crippen molar-refractivity contribution in [2.75, 3.05) is 0 Å². The maximum absolute atomic E-state index is 12.9. The molecular weight excluding hydrogens is 241 g/mol. The molecule has 0 aliphatic heterocycles. The SMILES string of the molecule is N#Cc1ccncc1-c1ccccc1C(F)(F)F. The van der Waals surface area contributed by atoms with E-state index in [0.29, 0.717) is 0 Å². The molecule has 1 aromatic carbocycles. The van der Waals surface area contributed by atoms with Gasteiger partial charge >= 0.3 is 6.18 Å². The summed E-state index contributed by atoms with van der Waals surface area (Å²) >= 11 is 0. The molecule has 0 unspecified atom stereocenters. The van der Waals surface area contributed by atoms with E-state index >= 15 is 0 Å². The number of benzene rings is 1. The molecule has 2 nitrogen and oxygen atoms in total. The molecule has 0 amide bonds. The van der Waals surface area contributed by atoms with Gasteiger partial charge in [-0.25, -0.2) is 0 Å². The normalized spacial score (nSPS) is 11.0. The lowest BCUT2D eigenvalue weighted by Gasteiger charge is -2.13. The first-order valence-corrected chi connectivity index (χ1v) is 5.04. The molecule has 0 bridgehead atoms. The average molecular weight is 248 g/mol. The Kier molecular flexibility index (Phi) is 3.02. The lowest BCUT2D eigenvalue weighted by Crippen LogP contribution is -2.07. The maximum Gasteiger partial charge on any atom is 0.417 e. The van der Waals surface area contributed by atoms with Crippen molar-refractivity contribution in [2.24, 2.45) is 0 Å². The Morgan fingerprint density at radius 3 is 2.44 bits per heavy atom. The van der Waals surface area contributed by atoms with Gasteiger partial charge in [0.15, 0.2) is 0 Å². The third-order valence-electron chi connectivity index (χ3n) is 2.46. The molecule has 0 atom stereocenters. The first-order valence-electron chi connectivity index (χ1n) is 5.04. The summed E-state index contributed by atoms with van der Waals surface area (Å²) in [5, 5.41) is 8.91. The van der Waals surface area contributed by atoms with Crippen molar-refractivity contribution < 1.29 is 13.2 Å². The highest BCUT2D eigenvalue weighted by Crippen LogP contribution is 2.37. The summed E-state index contributed by atoms with van der Waals surface area (Å²) in [4.78, 5) is 3.77. The third-order valence-corrected chi connectivity index (χ3v) is 2.46. The molecule has 0 N–H and O–H groups in total. The minimum Gasteiger partial charge on any atom is -0.264 e. The number of pyridine rings is 1. The van der Waals surface area contributed by atoms with Gasteiger partial charge in [0.25, 0.3) is 0 Å². The molecule has 0 saturated heterocycles. The number of hydrogen-bond acceptors (Lipinski definition) is 2. The maximum atomic E-state index is 12.9. The summed E-state index contributed by atoms with van der Waals surface area (Å²) in [6.07, 6.45) is -1.82. The summed E-state index contributed by atoms with van der Waals surface area (Å²) < 4.78 is 38.6. The van der Waals surface area contributed by atoms with Crippen molar-refractivity contribution in [1.29, 1.82) is 5.26 Å². The topological polar surface area (TPSA) is 36.7 Å². The zero-order valence-electron chi connectivity index (χ0n) is 9.07. The van der Waals surface area contributed by atoms with Crippen LogP contribution in [0.2, 0.25) is 0 Å². The zero-order valence-corrected chi connectivity index (χ0v) is 9.07. The van der Waals surface area contributed by atoms with Gasteiger partial charge in [0.1, 0.15) is 0 Å². The molecule has 0 aliphatic rings. The lowest BCUT2D eigenvalue weighted by molar-refractivity contribution is -0.137. The molecule has 0 fully saturated rings. The Hall–Kier alpha value is -2.35. The second-order valence-corrected chi connectivity index (χ2v) is 3.58. The van der Waals surface area contributed by atoms with Crippen molar-refractivity contribution in [3.8, 4) is 17.2 Å². The minimum absolute atomic E-state index is 0.0327. The van der Waals surface area contributed by atoms with Crippen LogP contribution in [-0.2, 0) is 6.18 Å². The van der Waals surface area contributed by atoms with Crippen LogP contribution in [0.5, 0.6) is 0 Å². The highest BCUT2D eigenvalue weighted by atomic mass is 19.4. The molecule has 90 valence electrons. The van der Waals surface area contributed by atoms with Gasteiger partial charge in [0.2, 0.25) is 0 Å². The summed E-state index contributed by atoms with van der Waals surface area (Å²) in [6.45, 7) is 0. The number of nitriles is 1. The van der Waals surface area contributed by atoms with Gasteiger partial charge in [-0.3, -0.25) is 4.98 Å². The van der Waals surface area contributed by atoms with Gasteiger partial charge < -0.3 is 0 Å². The largest absolute Gasteiger partial charge is 0.417 e. The van der Waals surface area contributed by atoms with Crippen LogP contribution in [0.3, 0.4) is 0 Å². The molecule has 2 rings (SSSR count). The van der Waals surface area contributed by atoms with Crippen LogP contribution in [0.15, 0.2) is 42.7 Å². The number of aromatic nitrogens is 1. The molecule has 18 heavy (non-hydrogen) atoms. The average Bonchev–Trinajstić information content (AvgIpc) is 2.37. The molecule has 2 aromatic rings. The Balaban J connectivity index is 2.69. The molecule has 1 aromatic heterocycles. The fourth-order valence-electron chi connectivity index (χ4n) is 1.67. The van der Waals surface area contributed by atoms with E-state index in [1.165, 1.54) is 36.7 Å². The standard InChI is InChI=1S/C13H7F3N2/c14-13(15,16)12-4-2-1-3-10(12)11-8-18-6-5-9(11)7-17/h1-6,8H. The van der Waals surface area contributed by atoms with Gasteiger partial charge in [0.05, 0.1) is 17.2 Å². The summed E-state index contributed by atoms with van der Waals surface area (Å²) in [5.74, 6) is 0. The van der Waals surface area contributed by atoms with E-state index in [2.05, 4.69) is 4.98 Å². The lowest BCUT2D eigenvalue weighted by atomic mass is 9.97. The number of halogens is 3. The fraction of sp³-hybridized carbons (Fsp3) is 0.0769. The molecular formula is C13H7F3N2. The molecule has 0 aliphatic carbocycles. The number of nitrogens with zero attached hydrogens (tertiary/aromatic N) is 2. The van der Waals surface area contributed by atoms with E-state index in [1.54, 1.807) is 0 Å². The smallest absolute Gasteiger partial charge is 0.264 e. The van der Waals surface area contributed by atoms with Gasteiger partial charge in [-0.1, -0.05) is 18.2 Å². The van der Waals surface area contributed by atoms with E-state index < -0.39 is 11.7 Å². The Labute approximate surface area is 101 Å². The predicted molar refractivity (Wildman–Crippen MR) is 59.4 cm³/mol.